The molecule has 1 unspecified atom stereocenters. The molecule has 20 heavy (non-hydrogen) atoms. The van der Waals surface area contributed by atoms with Gasteiger partial charge in [0.25, 0.3) is 5.91 Å². The molecule has 4 nitrogen and oxygen atoms in total. The first kappa shape index (κ1) is 14.4. The van der Waals surface area contributed by atoms with E-state index in [1.807, 2.05) is 30.5 Å². The minimum atomic E-state index is -0.494. The Morgan fingerprint density at radius 2 is 2.05 bits per heavy atom. The van der Waals surface area contributed by atoms with Gasteiger partial charge in [0.1, 0.15) is 5.75 Å². The van der Waals surface area contributed by atoms with Gasteiger partial charge in [-0.3, -0.25) is 4.79 Å². The van der Waals surface area contributed by atoms with E-state index in [4.69, 9.17) is 4.74 Å². The fraction of sp³-hybridized carbons (Fsp3) is 0.438. The molecule has 0 aliphatic carbocycles. The summed E-state index contributed by atoms with van der Waals surface area (Å²) in [5.74, 6) is 0.650. The zero-order chi connectivity index (χ0) is 14.5. The zero-order valence-corrected chi connectivity index (χ0v) is 12.3. The van der Waals surface area contributed by atoms with Crippen molar-refractivity contribution >= 4 is 16.8 Å². The number of H-pyrrole nitrogens is 1. The van der Waals surface area contributed by atoms with Crippen LogP contribution < -0.4 is 10.1 Å². The Morgan fingerprint density at radius 3 is 2.75 bits per heavy atom. The van der Waals surface area contributed by atoms with Crippen molar-refractivity contribution in [2.75, 3.05) is 0 Å². The molecule has 1 aromatic carbocycles. The highest BCUT2D eigenvalue weighted by atomic mass is 16.5. The van der Waals surface area contributed by atoms with Gasteiger partial charge in [0.05, 0.1) is 0 Å². The lowest BCUT2D eigenvalue weighted by Crippen LogP contribution is -2.42. The Hall–Kier alpha value is -1.97. The van der Waals surface area contributed by atoms with E-state index in [1.165, 1.54) is 0 Å². The van der Waals surface area contributed by atoms with Crippen LogP contribution in [0.25, 0.3) is 10.9 Å². The largest absolute Gasteiger partial charge is 0.481 e. The zero-order valence-electron chi connectivity index (χ0n) is 12.3. The fourth-order valence-corrected chi connectivity index (χ4v) is 2.17. The molecule has 108 valence electrons. The normalized spacial score (nSPS) is 12.6. The molecule has 2 rings (SSSR count). The quantitative estimate of drug-likeness (QED) is 0.849. The van der Waals surface area contributed by atoms with Crippen molar-refractivity contribution < 1.29 is 9.53 Å². The lowest BCUT2D eigenvalue weighted by Gasteiger charge is -2.19. The van der Waals surface area contributed by atoms with Crippen molar-refractivity contribution in [3.05, 3.63) is 30.5 Å². The summed E-state index contributed by atoms with van der Waals surface area (Å²) in [6, 6.07) is 7.97. The molecule has 2 aromatic rings. The Balaban J connectivity index is 1.99. The molecule has 0 bridgehead atoms. The lowest BCUT2D eigenvalue weighted by atomic mass is 10.1. The van der Waals surface area contributed by atoms with E-state index in [0.717, 1.165) is 23.7 Å². The van der Waals surface area contributed by atoms with Crippen LogP contribution in [-0.2, 0) is 4.79 Å². The lowest BCUT2D eigenvalue weighted by molar-refractivity contribution is -0.128. The van der Waals surface area contributed by atoms with E-state index in [1.54, 1.807) is 6.92 Å². The van der Waals surface area contributed by atoms with Crippen LogP contribution in [0.1, 0.15) is 33.6 Å². The van der Waals surface area contributed by atoms with Crippen molar-refractivity contribution in [1.29, 1.82) is 0 Å². The molecule has 0 aliphatic heterocycles. The van der Waals surface area contributed by atoms with Crippen molar-refractivity contribution in [2.45, 2.75) is 45.8 Å². The van der Waals surface area contributed by atoms with Gasteiger partial charge in [-0.1, -0.05) is 13.8 Å². The number of amides is 1. The van der Waals surface area contributed by atoms with Gasteiger partial charge in [-0.2, -0.15) is 0 Å². The van der Waals surface area contributed by atoms with E-state index >= 15 is 0 Å². The first-order valence-corrected chi connectivity index (χ1v) is 7.18. The Labute approximate surface area is 119 Å². The number of aromatic amines is 1. The highest BCUT2D eigenvalue weighted by Crippen LogP contribution is 2.20. The van der Waals surface area contributed by atoms with Gasteiger partial charge in [-0.25, -0.2) is 0 Å². The van der Waals surface area contributed by atoms with Crippen LogP contribution in [0.5, 0.6) is 5.75 Å². The SMILES string of the molecule is CCC(CC)NC(=O)C(C)Oc1ccc2[nH]ccc2c1. The molecule has 0 spiro atoms. The number of carbonyl (C=O) groups excluding carboxylic acids is 1. The van der Waals surface area contributed by atoms with Crippen LogP contribution in [0.15, 0.2) is 30.5 Å². The number of hydrogen-bond acceptors (Lipinski definition) is 2. The second kappa shape index (κ2) is 6.46. The molecule has 0 saturated carbocycles. The molecule has 1 heterocycles. The summed E-state index contributed by atoms with van der Waals surface area (Å²) < 4.78 is 5.72. The number of nitrogens with one attached hydrogen (secondary N) is 2. The molecule has 2 N–H and O–H groups in total. The van der Waals surface area contributed by atoms with E-state index in [0.29, 0.717) is 5.75 Å². The van der Waals surface area contributed by atoms with Crippen LogP contribution in [-0.4, -0.2) is 23.0 Å². The number of aromatic nitrogens is 1. The van der Waals surface area contributed by atoms with E-state index in [9.17, 15) is 4.79 Å². The second-order valence-electron chi connectivity index (χ2n) is 5.01. The summed E-state index contributed by atoms with van der Waals surface area (Å²) in [4.78, 5) is 15.2. The number of carbonyl (C=O) groups is 1. The first-order valence-electron chi connectivity index (χ1n) is 7.18. The standard InChI is InChI=1S/C16H22N2O2/c1-4-13(5-2)18-16(19)11(3)20-14-6-7-15-12(10-14)8-9-17-15/h6-11,13,17H,4-5H2,1-3H3,(H,18,19). The third-order valence-electron chi connectivity index (χ3n) is 3.54. The van der Waals surface area contributed by atoms with Gasteiger partial charge >= 0.3 is 0 Å². The Bertz CT molecular complexity index is 573. The molecule has 0 radical (unpaired) electrons. The third-order valence-corrected chi connectivity index (χ3v) is 3.54. The molecular weight excluding hydrogens is 252 g/mol. The predicted octanol–water partition coefficient (Wildman–Crippen LogP) is 3.24. The van der Waals surface area contributed by atoms with Gasteiger partial charge < -0.3 is 15.0 Å². The monoisotopic (exact) mass is 274 g/mol. The summed E-state index contributed by atoms with van der Waals surface area (Å²) in [5.41, 5.74) is 1.06. The first-order chi connectivity index (χ1) is 9.63. The molecule has 1 atom stereocenters. The molecule has 1 amide bonds. The third kappa shape index (κ3) is 3.32. The minimum Gasteiger partial charge on any atom is -0.481 e. The van der Waals surface area contributed by atoms with Crippen LogP contribution in [0.3, 0.4) is 0 Å². The molecule has 0 aliphatic rings. The molecule has 4 heteroatoms. The second-order valence-corrected chi connectivity index (χ2v) is 5.01. The molecule has 0 fully saturated rings. The number of ether oxygens (including phenoxy) is 1. The van der Waals surface area contributed by atoms with Crippen molar-refractivity contribution in [3.8, 4) is 5.75 Å². The highest BCUT2D eigenvalue weighted by molar-refractivity contribution is 5.82. The van der Waals surface area contributed by atoms with Gasteiger partial charge in [0.2, 0.25) is 0 Å². The molecule has 0 saturated heterocycles. The van der Waals surface area contributed by atoms with E-state index < -0.39 is 6.10 Å². The smallest absolute Gasteiger partial charge is 0.260 e. The van der Waals surface area contributed by atoms with Gasteiger partial charge in [-0.05, 0) is 44.0 Å². The summed E-state index contributed by atoms with van der Waals surface area (Å²) in [5, 5.41) is 4.08. The maximum absolute atomic E-state index is 12.0. The van der Waals surface area contributed by atoms with Gasteiger partial charge in [0.15, 0.2) is 6.10 Å². The minimum absolute atomic E-state index is 0.0622. The van der Waals surface area contributed by atoms with Crippen LogP contribution >= 0.6 is 0 Å². The maximum Gasteiger partial charge on any atom is 0.260 e. The molecule has 1 aromatic heterocycles. The van der Waals surface area contributed by atoms with Gasteiger partial charge in [-0.15, -0.1) is 0 Å². The van der Waals surface area contributed by atoms with Gasteiger partial charge in [0, 0.05) is 23.1 Å². The highest BCUT2D eigenvalue weighted by Gasteiger charge is 2.17. The summed E-state index contributed by atoms with van der Waals surface area (Å²) >= 11 is 0. The Morgan fingerprint density at radius 1 is 1.30 bits per heavy atom. The Kier molecular flexibility index (Phi) is 4.66. The van der Waals surface area contributed by atoms with Crippen LogP contribution in [0.2, 0.25) is 0 Å². The van der Waals surface area contributed by atoms with E-state index in [-0.39, 0.29) is 11.9 Å². The average molecular weight is 274 g/mol. The number of hydrogen-bond donors (Lipinski definition) is 2. The summed E-state index contributed by atoms with van der Waals surface area (Å²) in [7, 11) is 0. The van der Waals surface area contributed by atoms with Crippen LogP contribution in [0.4, 0.5) is 0 Å². The molecular formula is C16H22N2O2. The van der Waals surface area contributed by atoms with E-state index in [2.05, 4.69) is 24.1 Å². The van der Waals surface area contributed by atoms with Crippen molar-refractivity contribution in [2.24, 2.45) is 0 Å². The number of fused-ring (bicyclic) bond motifs is 1. The van der Waals surface area contributed by atoms with Crippen LogP contribution in [0, 0.1) is 0 Å². The number of benzene rings is 1. The topological polar surface area (TPSA) is 54.1 Å². The summed E-state index contributed by atoms with van der Waals surface area (Å²) in [6.45, 7) is 5.92. The maximum atomic E-state index is 12.0. The number of rotatable bonds is 6. The fourth-order valence-electron chi connectivity index (χ4n) is 2.17. The predicted molar refractivity (Wildman–Crippen MR) is 80.9 cm³/mol. The average Bonchev–Trinajstić information content (AvgIpc) is 2.91. The summed E-state index contributed by atoms with van der Waals surface area (Å²) in [6.07, 6.45) is 3.26. The van der Waals surface area contributed by atoms with Crippen molar-refractivity contribution in [1.82, 2.24) is 10.3 Å². The van der Waals surface area contributed by atoms with Crippen molar-refractivity contribution in [3.63, 3.8) is 0 Å².